The molecule has 0 unspecified atom stereocenters. The van der Waals surface area contributed by atoms with Crippen LogP contribution in [0.25, 0.3) is 0 Å². The van der Waals surface area contributed by atoms with Crippen LogP contribution in [0.4, 0.5) is 5.69 Å². The number of para-hydroxylation sites is 1. The van der Waals surface area contributed by atoms with E-state index in [-0.39, 0.29) is 11.9 Å². The van der Waals surface area contributed by atoms with Gasteiger partial charge in [0.05, 0.1) is 10.7 Å². The summed E-state index contributed by atoms with van der Waals surface area (Å²) in [6, 6.07) is 15.7. The maximum atomic E-state index is 12.1. The number of carbonyl (C=O) groups is 1. The average Bonchev–Trinajstić information content (AvgIpc) is 2.52. The minimum absolute atomic E-state index is 0.0522. The van der Waals surface area contributed by atoms with Gasteiger partial charge in [-0.3, -0.25) is 4.79 Å². The van der Waals surface area contributed by atoms with Crippen LogP contribution in [-0.2, 0) is 4.79 Å². The van der Waals surface area contributed by atoms with Gasteiger partial charge < -0.3 is 10.6 Å². The molecule has 3 nitrogen and oxygen atoms in total. The van der Waals surface area contributed by atoms with E-state index in [0.29, 0.717) is 17.3 Å². The van der Waals surface area contributed by atoms with Crippen molar-refractivity contribution in [3.05, 3.63) is 63.6 Å². The van der Waals surface area contributed by atoms with E-state index in [0.717, 1.165) is 10.9 Å². The molecule has 5 heteroatoms. The van der Waals surface area contributed by atoms with Crippen LogP contribution in [0.15, 0.2) is 53.0 Å². The molecule has 0 bridgehead atoms. The number of quaternary nitrogens is 1. The highest BCUT2D eigenvalue weighted by Crippen LogP contribution is 2.20. The number of hydrogen-bond acceptors (Lipinski definition) is 1. The molecule has 0 saturated heterocycles. The smallest absolute Gasteiger partial charge is 0.279 e. The maximum Gasteiger partial charge on any atom is 0.279 e. The fraction of sp³-hybridized carbons (Fsp3) is 0.235. The van der Waals surface area contributed by atoms with Crippen LogP contribution in [0.1, 0.15) is 24.9 Å². The fourth-order valence-corrected chi connectivity index (χ4v) is 2.71. The lowest BCUT2D eigenvalue weighted by Gasteiger charge is -2.14. The summed E-state index contributed by atoms with van der Waals surface area (Å²) in [6.45, 7) is 2.48. The first-order valence-corrected chi connectivity index (χ1v) is 8.40. The molecule has 0 heterocycles. The van der Waals surface area contributed by atoms with Crippen LogP contribution in [0.2, 0.25) is 5.02 Å². The highest BCUT2D eigenvalue weighted by molar-refractivity contribution is 9.10. The number of nitrogens with one attached hydrogen (secondary N) is 1. The maximum absolute atomic E-state index is 12.1. The molecule has 1 atom stereocenters. The van der Waals surface area contributed by atoms with Crippen LogP contribution in [-0.4, -0.2) is 12.5 Å². The number of nitrogens with two attached hydrogens (primary N) is 1. The number of hydrogen-bond donors (Lipinski definition) is 2. The van der Waals surface area contributed by atoms with Gasteiger partial charge in [0.1, 0.15) is 6.04 Å². The predicted octanol–water partition coefficient (Wildman–Crippen LogP) is 3.76. The molecular weight excluding hydrogens is 364 g/mol. The van der Waals surface area contributed by atoms with Crippen LogP contribution in [0.5, 0.6) is 0 Å². The van der Waals surface area contributed by atoms with Crippen LogP contribution in [0.3, 0.4) is 0 Å². The van der Waals surface area contributed by atoms with Gasteiger partial charge in [0.25, 0.3) is 5.91 Å². The summed E-state index contributed by atoms with van der Waals surface area (Å²) in [4.78, 5) is 12.1. The molecule has 0 aliphatic heterocycles. The third-order valence-corrected chi connectivity index (χ3v) is 4.33. The SMILES string of the molecule is CC[C@H]([NH2+]CC(=O)Nc1ccccc1Cl)c1ccc(Br)cc1. The lowest BCUT2D eigenvalue weighted by molar-refractivity contribution is -0.686. The molecule has 2 rings (SSSR count). The van der Waals surface area contributed by atoms with Crippen molar-refractivity contribution in [3.8, 4) is 0 Å². The minimum atomic E-state index is -0.0522. The largest absolute Gasteiger partial charge is 0.332 e. The Morgan fingerprint density at radius 3 is 2.55 bits per heavy atom. The molecule has 3 N–H and O–H groups in total. The second-order valence-electron chi connectivity index (χ2n) is 5.03. The van der Waals surface area contributed by atoms with Gasteiger partial charge in [-0.05, 0) is 24.3 Å². The summed E-state index contributed by atoms with van der Waals surface area (Å²) in [7, 11) is 0. The summed E-state index contributed by atoms with van der Waals surface area (Å²) in [5.41, 5.74) is 1.87. The van der Waals surface area contributed by atoms with E-state index in [1.807, 2.05) is 24.3 Å². The second kappa shape index (κ2) is 8.32. The number of amides is 1. The Hall–Kier alpha value is -1.36. The molecule has 0 saturated carbocycles. The molecular formula is C17H19BrClN2O+. The zero-order valence-corrected chi connectivity index (χ0v) is 14.7. The molecule has 0 radical (unpaired) electrons. The van der Waals surface area contributed by atoms with Gasteiger partial charge >= 0.3 is 0 Å². The van der Waals surface area contributed by atoms with Crippen molar-refractivity contribution < 1.29 is 10.1 Å². The molecule has 2 aromatic carbocycles. The van der Waals surface area contributed by atoms with Gasteiger partial charge in [0.2, 0.25) is 0 Å². The monoisotopic (exact) mass is 381 g/mol. The third-order valence-electron chi connectivity index (χ3n) is 3.47. The van der Waals surface area contributed by atoms with Crippen molar-refractivity contribution in [2.75, 3.05) is 11.9 Å². The van der Waals surface area contributed by atoms with E-state index in [4.69, 9.17) is 11.6 Å². The van der Waals surface area contributed by atoms with Crippen molar-refractivity contribution in [2.45, 2.75) is 19.4 Å². The first-order valence-electron chi connectivity index (χ1n) is 7.23. The summed E-state index contributed by atoms with van der Waals surface area (Å²) in [5.74, 6) is -0.0522. The minimum Gasteiger partial charge on any atom is -0.332 e. The molecule has 116 valence electrons. The van der Waals surface area contributed by atoms with Crippen molar-refractivity contribution in [2.24, 2.45) is 0 Å². The van der Waals surface area contributed by atoms with Crippen molar-refractivity contribution in [3.63, 3.8) is 0 Å². The van der Waals surface area contributed by atoms with E-state index in [1.165, 1.54) is 5.56 Å². The normalized spacial score (nSPS) is 12.0. The summed E-state index contributed by atoms with van der Waals surface area (Å²) in [5, 5.41) is 5.44. The Balaban J connectivity index is 1.91. The molecule has 0 aliphatic rings. The van der Waals surface area contributed by atoms with Crippen molar-refractivity contribution in [1.82, 2.24) is 0 Å². The lowest BCUT2D eigenvalue weighted by Crippen LogP contribution is -2.87. The van der Waals surface area contributed by atoms with Gasteiger partial charge in [-0.2, -0.15) is 0 Å². The molecule has 22 heavy (non-hydrogen) atoms. The Labute approximate surface area is 144 Å². The van der Waals surface area contributed by atoms with Gasteiger partial charge in [-0.15, -0.1) is 0 Å². The lowest BCUT2D eigenvalue weighted by atomic mass is 10.0. The number of carbonyl (C=O) groups excluding carboxylic acids is 1. The zero-order valence-electron chi connectivity index (χ0n) is 12.4. The Kier molecular flexibility index (Phi) is 6.43. The summed E-state index contributed by atoms with van der Waals surface area (Å²) in [6.07, 6.45) is 0.959. The molecule has 0 aromatic heterocycles. The van der Waals surface area contributed by atoms with Crippen molar-refractivity contribution >= 4 is 39.1 Å². The van der Waals surface area contributed by atoms with Crippen LogP contribution in [0, 0.1) is 0 Å². The first-order chi connectivity index (χ1) is 10.6. The summed E-state index contributed by atoms with van der Waals surface area (Å²) >= 11 is 9.48. The van der Waals surface area contributed by atoms with Crippen molar-refractivity contribution in [1.29, 1.82) is 0 Å². The van der Waals surface area contributed by atoms with E-state index in [1.54, 1.807) is 12.1 Å². The number of anilines is 1. The Morgan fingerprint density at radius 1 is 1.23 bits per heavy atom. The molecule has 0 aliphatic carbocycles. The number of benzene rings is 2. The van der Waals surface area contributed by atoms with E-state index < -0.39 is 0 Å². The number of rotatable bonds is 6. The van der Waals surface area contributed by atoms with Crippen LogP contribution >= 0.6 is 27.5 Å². The molecule has 2 aromatic rings. The molecule has 1 amide bonds. The van der Waals surface area contributed by atoms with E-state index in [9.17, 15) is 4.79 Å². The standard InChI is InChI=1S/C17H18BrClN2O/c1-2-15(12-7-9-13(18)10-8-12)20-11-17(22)21-16-6-4-3-5-14(16)19/h3-10,15,20H,2,11H2,1H3,(H,21,22)/p+1/t15-/m0/s1. The van der Waals surface area contributed by atoms with Crippen LogP contribution < -0.4 is 10.6 Å². The van der Waals surface area contributed by atoms with Gasteiger partial charge in [0, 0.05) is 16.5 Å². The summed E-state index contributed by atoms with van der Waals surface area (Å²) < 4.78 is 1.06. The quantitative estimate of drug-likeness (QED) is 0.785. The molecule has 0 spiro atoms. The highest BCUT2D eigenvalue weighted by Gasteiger charge is 2.15. The Bertz CT molecular complexity index is 631. The van der Waals surface area contributed by atoms with Gasteiger partial charge in [-0.1, -0.05) is 58.7 Å². The first kappa shape index (κ1) is 17.0. The van der Waals surface area contributed by atoms with E-state index in [2.05, 4.69) is 45.6 Å². The average molecular weight is 383 g/mol. The third kappa shape index (κ3) is 4.83. The second-order valence-corrected chi connectivity index (χ2v) is 6.36. The van der Waals surface area contributed by atoms with Gasteiger partial charge in [-0.25, -0.2) is 0 Å². The van der Waals surface area contributed by atoms with E-state index >= 15 is 0 Å². The van der Waals surface area contributed by atoms with Gasteiger partial charge in [0.15, 0.2) is 6.54 Å². The topological polar surface area (TPSA) is 45.7 Å². The highest BCUT2D eigenvalue weighted by atomic mass is 79.9. The molecule has 0 fully saturated rings. The number of halogens is 2. The predicted molar refractivity (Wildman–Crippen MR) is 94.0 cm³/mol. The Morgan fingerprint density at radius 2 is 1.91 bits per heavy atom. The zero-order chi connectivity index (χ0) is 15.9. The fourth-order valence-electron chi connectivity index (χ4n) is 2.26.